The lowest BCUT2D eigenvalue weighted by molar-refractivity contribution is 0.0682. The van der Waals surface area contributed by atoms with Crippen LogP contribution in [0.25, 0.3) is 0 Å². The van der Waals surface area contributed by atoms with Crippen LogP contribution in [0, 0.1) is 5.92 Å². The fourth-order valence-electron chi connectivity index (χ4n) is 2.74. The molecule has 1 aliphatic heterocycles. The molecule has 1 saturated heterocycles. The summed E-state index contributed by atoms with van der Waals surface area (Å²) >= 11 is 3.36. The highest BCUT2D eigenvalue weighted by Gasteiger charge is 2.25. The van der Waals surface area contributed by atoms with Crippen molar-refractivity contribution < 1.29 is 17.9 Å². The van der Waals surface area contributed by atoms with Crippen molar-refractivity contribution in [2.45, 2.75) is 24.7 Å². The van der Waals surface area contributed by atoms with E-state index in [1.807, 2.05) is 0 Å². The maximum atomic E-state index is 12.8. The Labute approximate surface area is 151 Å². The summed E-state index contributed by atoms with van der Waals surface area (Å²) in [6.45, 7) is 4.00. The van der Waals surface area contributed by atoms with Gasteiger partial charge in [0.15, 0.2) is 0 Å². The van der Waals surface area contributed by atoms with Crippen LogP contribution in [0.5, 0.6) is 0 Å². The summed E-state index contributed by atoms with van der Waals surface area (Å²) in [4.78, 5) is 14.6. The van der Waals surface area contributed by atoms with E-state index in [1.165, 1.54) is 19.2 Å². The first-order chi connectivity index (χ1) is 11.3. The van der Waals surface area contributed by atoms with Crippen molar-refractivity contribution in [3.05, 3.63) is 28.2 Å². The Hall–Kier alpha value is -0.960. The Morgan fingerprint density at radius 3 is 2.88 bits per heavy atom. The lowest BCUT2D eigenvalue weighted by atomic mass is 9.99. The van der Waals surface area contributed by atoms with E-state index in [4.69, 9.17) is 4.74 Å². The molecular formula is C16H23BrN2O4S. The third kappa shape index (κ3) is 4.78. The lowest BCUT2D eigenvalue weighted by Crippen LogP contribution is -2.39. The minimum absolute atomic E-state index is 0.0789. The maximum Gasteiger partial charge on any atom is 0.255 e. The number of benzene rings is 1. The van der Waals surface area contributed by atoms with Gasteiger partial charge in [0.1, 0.15) is 0 Å². The van der Waals surface area contributed by atoms with Gasteiger partial charge >= 0.3 is 0 Å². The number of amides is 1. The van der Waals surface area contributed by atoms with Gasteiger partial charge in [-0.2, -0.15) is 0 Å². The molecule has 1 fully saturated rings. The number of carbonyl (C=O) groups excluding carboxylic acids is 1. The SMILES string of the molecule is COCCNS(=O)(=O)c1ccc(Br)c(C(=O)N2CCCC(C)C2)c1. The minimum atomic E-state index is -3.67. The number of methoxy groups -OCH3 is 1. The minimum Gasteiger partial charge on any atom is -0.383 e. The quantitative estimate of drug-likeness (QED) is 0.718. The molecule has 0 spiro atoms. The highest BCUT2D eigenvalue weighted by atomic mass is 79.9. The van der Waals surface area contributed by atoms with Crippen LogP contribution in [-0.4, -0.2) is 52.6 Å². The predicted octanol–water partition coefficient (Wildman–Crippen LogP) is 2.25. The molecule has 1 aromatic rings. The summed E-state index contributed by atoms with van der Waals surface area (Å²) in [6.07, 6.45) is 2.09. The number of piperidine rings is 1. The predicted molar refractivity (Wildman–Crippen MR) is 95.5 cm³/mol. The number of hydrogen-bond donors (Lipinski definition) is 1. The number of hydrogen-bond acceptors (Lipinski definition) is 4. The van der Waals surface area contributed by atoms with Crippen molar-refractivity contribution in [2.24, 2.45) is 5.92 Å². The largest absolute Gasteiger partial charge is 0.383 e. The van der Waals surface area contributed by atoms with Gasteiger partial charge in [0.25, 0.3) is 5.91 Å². The molecule has 6 nitrogen and oxygen atoms in total. The van der Waals surface area contributed by atoms with Gasteiger partial charge < -0.3 is 9.64 Å². The summed E-state index contributed by atoms with van der Waals surface area (Å²) in [7, 11) is -2.16. The summed E-state index contributed by atoms with van der Waals surface area (Å²) in [5, 5.41) is 0. The monoisotopic (exact) mass is 418 g/mol. The average Bonchev–Trinajstić information content (AvgIpc) is 2.54. The van der Waals surface area contributed by atoms with Crippen LogP contribution in [0.2, 0.25) is 0 Å². The van der Waals surface area contributed by atoms with Gasteiger partial charge in [-0.15, -0.1) is 0 Å². The van der Waals surface area contributed by atoms with Crippen LogP contribution < -0.4 is 4.72 Å². The molecule has 0 aromatic heterocycles. The smallest absolute Gasteiger partial charge is 0.255 e. The van der Waals surface area contributed by atoms with E-state index in [0.717, 1.165) is 12.8 Å². The van der Waals surface area contributed by atoms with E-state index in [2.05, 4.69) is 27.6 Å². The van der Waals surface area contributed by atoms with E-state index in [9.17, 15) is 13.2 Å². The second-order valence-electron chi connectivity index (χ2n) is 6.03. The molecule has 0 radical (unpaired) electrons. The molecule has 24 heavy (non-hydrogen) atoms. The van der Waals surface area contributed by atoms with Crippen LogP contribution in [0.4, 0.5) is 0 Å². The number of carbonyl (C=O) groups is 1. The Balaban J connectivity index is 2.23. The summed E-state index contributed by atoms with van der Waals surface area (Å²) < 4.78 is 32.5. The topological polar surface area (TPSA) is 75.7 Å². The van der Waals surface area contributed by atoms with Gasteiger partial charge in [-0.1, -0.05) is 6.92 Å². The fourth-order valence-corrected chi connectivity index (χ4v) is 4.20. The number of rotatable bonds is 6. The molecule has 2 rings (SSSR count). The zero-order chi connectivity index (χ0) is 17.7. The molecule has 1 aliphatic rings. The molecule has 1 heterocycles. The molecule has 0 bridgehead atoms. The molecule has 1 N–H and O–H groups in total. The third-order valence-electron chi connectivity index (χ3n) is 4.02. The number of nitrogens with one attached hydrogen (secondary N) is 1. The van der Waals surface area contributed by atoms with E-state index >= 15 is 0 Å². The van der Waals surface area contributed by atoms with E-state index in [0.29, 0.717) is 29.0 Å². The lowest BCUT2D eigenvalue weighted by Gasteiger charge is -2.31. The Morgan fingerprint density at radius 2 is 2.21 bits per heavy atom. The Kier molecular flexibility index (Phi) is 6.79. The van der Waals surface area contributed by atoms with Gasteiger partial charge in [0.05, 0.1) is 17.1 Å². The average molecular weight is 419 g/mol. The Bertz CT molecular complexity index is 693. The van der Waals surface area contributed by atoms with Crippen LogP contribution in [-0.2, 0) is 14.8 Å². The van der Waals surface area contributed by atoms with Crippen molar-refractivity contribution in [1.29, 1.82) is 0 Å². The molecule has 0 aliphatic carbocycles. The summed E-state index contributed by atoms with van der Waals surface area (Å²) in [6, 6.07) is 4.52. The highest BCUT2D eigenvalue weighted by molar-refractivity contribution is 9.10. The van der Waals surface area contributed by atoms with Gasteiger partial charge in [-0.05, 0) is 52.9 Å². The van der Waals surface area contributed by atoms with Gasteiger partial charge in [-0.3, -0.25) is 4.79 Å². The standard InChI is InChI=1S/C16H23BrN2O4S/c1-12-4-3-8-19(11-12)16(20)14-10-13(5-6-15(14)17)24(21,22)18-7-9-23-2/h5-6,10,12,18H,3-4,7-9,11H2,1-2H3. The van der Waals surface area contributed by atoms with Crippen molar-refractivity contribution in [1.82, 2.24) is 9.62 Å². The normalized spacial score (nSPS) is 18.6. The summed E-state index contributed by atoms with van der Waals surface area (Å²) in [5.41, 5.74) is 0.374. The molecule has 1 aromatic carbocycles. The van der Waals surface area contributed by atoms with Gasteiger partial charge in [0.2, 0.25) is 10.0 Å². The third-order valence-corrected chi connectivity index (χ3v) is 6.17. The van der Waals surface area contributed by atoms with E-state index in [1.54, 1.807) is 11.0 Å². The molecular weight excluding hydrogens is 396 g/mol. The van der Waals surface area contributed by atoms with Crippen molar-refractivity contribution in [3.63, 3.8) is 0 Å². The first-order valence-electron chi connectivity index (χ1n) is 7.92. The molecule has 1 amide bonds. The molecule has 8 heteroatoms. The molecule has 1 unspecified atom stereocenters. The first-order valence-corrected chi connectivity index (χ1v) is 10.2. The second-order valence-corrected chi connectivity index (χ2v) is 8.65. The zero-order valence-corrected chi connectivity index (χ0v) is 16.3. The molecule has 1 atom stereocenters. The Morgan fingerprint density at radius 1 is 1.46 bits per heavy atom. The number of sulfonamides is 1. The zero-order valence-electron chi connectivity index (χ0n) is 13.9. The van der Waals surface area contributed by atoms with Crippen LogP contribution in [0.1, 0.15) is 30.1 Å². The van der Waals surface area contributed by atoms with Crippen molar-refractivity contribution in [2.75, 3.05) is 33.4 Å². The number of likely N-dealkylation sites (tertiary alicyclic amines) is 1. The highest BCUT2D eigenvalue weighted by Crippen LogP contribution is 2.25. The number of halogens is 1. The molecule has 0 saturated carbocycles. The van der Waals surface area contributed by atoms with E-state index in [-0.39, 0.29) is 24.0 Å². The number of ether oxygens (including phenoxy) is 1. The first kappa shape index (κ1) is 19.4. The van der Waals surface area contributed by atoms with Crippen molar-refractivity contribution >= 4 is 31.9 Å². The summed E-state index contributed by atoms with van der Waals surface area (Å²) in [5.74, 6) is 0.325. The second kappa shape index (κ2) is 8.42. The maximum absolute atomic E-state index is 12.8. The van der Waals surface area contributed by atoms with Crippen molar-refractivity contribution in [3.8, 4) is 0 Å². The molecule has 134 valence electrons. The van der Waals surface area contributed by atoms with Gasteiger partial charge in [0, 0.05) is 31.2 Å². The van der Waals surface area contributed by atoms with Crippen LogP contribution in [0.3, 0.4) is 0 Å². The van der Waals surface area contributed by atoms with E-state index < -0.39 is 10.0 Å². The van der Waals surface area contributed by atoms with Crippen LogP contribution in [0.15, 0.2) is 27.6 Å². The van der Waals surface area contributed by atoms with Gasteiger partial charge in [-0.25, -0.2) is 13.1 Å². The number of nitrogens with zero attached hydrogens (tertiary/aromatic N) is 1. The van der Waals surface area contributed by atoms with Crippen LogP contribution >= 0.6 is 15.9 Å². The fraction of sp³-hybridized carbons (Fsp3) is 0.562.